The molecule has 0 radical (unpaired) electrons. The SMILES string of the molecule is COc1ccc(C(C)=O)cc1CN1C(=O)N[C@@](C)(c2ccc(C(C)(C)C)cc2)C1=O. The van der Waals surface area contributed by atoms with Gasteiger partial charge in [-0.3, -0.25) is 14.5 Å². The Morgan fingerprint density at radius 2 is 1.73 bits per heavy atom. The molecule has 0 saturated carbocycles. The number of ether oxygens (including phenoxy) is 1. The summed E-state index contributed by atoms with van der Waals surface area (Å²) in [6.07, 6.45) is 0. The van der Waals surface area contributed by atoms with Gasteiger partial charge in [-0.05, 0) is 48.6 Å². The van der Waals surface area contributed by atoms with E-state index < -0.39 is 11.6 Å². The number of ketones is 1. The van der Waals surface area contributed by atoms with E-state index in [1.165, 1.54) is 18.9 Å². The molecule has 6 heteroatoms. The van der Waals surface area contributed by atoms with Gasteiger partial charge >= 0.3 is 6.03 Å². The number of imide groups is 1. The molecule has 1 saturated heterocycles. The molecule has 6 nitrogen and oxygen atoms in total. The van der Waals surface area contributed by atoms with Gasteiger partial charge in [0, 0.05) is 11.1 Å². The summed E-state index contributed by atoms with van der Waals surface area (Å²) in [6, 6.07) is 12.3. The molecule has 1 aliphatic rings. The van der Waals surface area contributed by atoms with E-state index in [2.05, 4.69) is 26.1 Å². The van der Waals surface area contributed by atoms with Crippen LogP contribution in [0.5, 0.6) is 5.75 Å². The van der Waals surface area contributed by atoms with Gasteiger partial charge in [-0.2, -0.15) is 0 Å². The third-order valence-corrected chi connectivity index (χ3v) is 5.62. The summed E-state index contributed by atoms with van der Waals surface area (Å²) >= 11 is 0. The van der Waals surface area contributed by atoms with Gasteiger partial charge in [0.25, 0.3) is 5.91 Å². The number of hydrogen-bond donors (Lipinski definition) is 1. The van der Waals surface area contributed by atoms with Crippen molar-refractivity contribution >= 4 is 17.7 Å². The topological polar surface area (TPSA) is 75.7 Å². The standard InChI is InChI=1S/C24H28N2O4/c1-15(27)16-7-12-20(30-6)17(13-16)14-26-21(28)24(5,25-22(26)29)19-10-8-18(9-11-19)23(2,3)4/h7-13H,14H2,1-6H3,(H,25,29)/t24-/m0/s1. The molecule has 1 aliphatic heterocycles. The Hall–Kier alpha value is -3.15. The molecule has 3 rings (SSSR count). The number of carbonyl (C=O) groups excluding carboxylic acids is 3. The van der Waals surface area contributed by atoms with Crippen LogP contribution in [0.3, 0.4) is 0 Å². The van der Waals surface area contributed by atoms with Crippen molar-refractivity contribution in [1.82, 2.24) is 10.2 Å². The highest BCUT2D eigenvalue weighted by atomic mass is 16.5. The first kappa shape index (κ1) is 21.6. The molecule has 1 fully saturated rings. The summed E-state index contributed by atoms with van der Waals surface area (Å²) < 4.78 is 5.36. The first-order valence-electron chi connectivity index (χ1n) is 9.90. The lowest BCUT2D eigenvalue weighted by Crippen LogP contribution is -2.40. The fourth-order valence-corrected chi connectivity index (χ4v) is 3.63. The Morgan fingerprint density at radius 1 is 1.10 bits per heavy atom. The minimum Gasteiger partial charge on any atom is -0.496 e. The Bertz CT molecular complexity index is 1000. The Kier molecular flexibility index (Phi) is 5.46. The normalized spacial score (nSPS) is 19.1. The molecule has 2 aromatic rings. The predicted molar refractivity (Wildman–Crippen MR) is 115 cm³/mol. The van der Waals surface area contributed by atoms with Crippen molar-refractivity contribution < 1.29 is 19.1 Å². The fraction of sp³-hybridized carbons (Fsp3) is 0.375. The van der Waals surface area contributed by atoms with E-state index in [9.17, 15) is 14.4 Å². The lowest BCUT2D eigenvalue weighted by Gasteiger charge is -2.25. The molecule has 3 amide bonds. The molecule has 158 valence electrons. The highest BCUT2D eigenvalue weighted by Crippen LogP contribution is 2.33. The Balaban J connectivity index is 1.91. The minimum absolute atomic E-state index is 0.00726. The van der Waals surface area contributed by atoms with Gasteiger partial charge in [0.1, 0.15) is 11.3 Å². The maximum absolute atomic E-state index is 13.3. The monoisotopic (exact) mass is 408 g/mol. The van der Waals surface area contributed by atoms with Gasteiger partial charge in [0.2, 0.25) is 0 Å². The number of methoxy groups -OCH3 is 1. The molecule has 0 spiro atoms. The molecule has 0 aliphatic carbocycles. The Labute approximate surface area is 177 Å². The van der Waals surface area contributed by atoms with Crippen LogP contribution in [0.25, 0.3) is 0 Å². The number of nitrogens with zero attached hydrogens (tertiary/aromatic N) is 1. The van der Waals surface area contributed by atoms with Crippen LogP contribution in [0.1, 0.15) is 61.7 Å². The minimum atomic E-state index is -1.15. The summed E-state index contributed by atoms with van der Waals surface area (Å²) in [6.45, 7) is 9.56. The molecule has 1 atom stereocenters. The van der Waals surface area contributed by atoms with Crippen molar-refractivity contribution in [2.24, 2.45) is 0 Å². The summed E-state index contributed by atoms with van der Waals surface area (Å²) in [5, 5.41) is 2.83. The highest BCUT2D eigenvalue weighted by Gasteiger charge is 2.49. The maximum atomic E-state index is 13.3. The number of Topliss-reactive ketones (excluding diaryl/α,β-unsaturated/α-hetero) is 1. The third kappa shape index (κ3) is 3.82. The van der Waals surface area contributed by atoms with Crippen LogP contribution >= 0.6 is 0 Å². The molecule has 30 heavy (non-hydrogen) atoms. The van der Waals surface area contributed by atoms with Crippen LogP contribution in [0.2, 0.25) is 0 Å². The average Bonchev–Trinajstić information content (AvgIpc) is 2.91. The van der Waals surface area contributed by atoms with E-state index in [-0.39, 0.29) is 23.7 Å². The van der Waals surface area contributed by atoms with Crippen LogP contribution in [-0.2, 0) is 22.3 Å². The second-order valence-corrected chi connectivity index (χ2v) is 8.86. The second-order valence-electron chi connectivity index (χ2n) is 8.86. The molecule has 0 aromatic heterocycles. The number of rotatable bonds is 5. The molecular formula is C24H28N2O4. The molecule has 1 N–H and O–H groups in total. The van der Waals surface area contributed by atoms with Gasteiger partial charge in [-0.25, -0.2) is 4.79 Å². The second kappa shape index (κ2) is 7.59. The number of carbonyl (C=O) groups is 3. The van der Waals surface area contributed by atoms with Gasteiger partial charge in [0.15, 0.2) is 5.78 Å². The van der Waals surface area contributed by atoms with Crippen molar-refractivity contribution in [3.05, 3.63) is 64.7 Å². The fourth-order valence-electron chi connectivity index (χ4n) is 3.63. The number of amides is 3. The number of urea groups is 1. The third-order valence-electron chi connectivity index (χ3n) is 5.62. The summed E-state index contributed by atoms with van der Waals surface area (Å²) in [4.78, 5) is 38.9. The number of benzene rings is 2. The van der Waals surface area contributed by atoms with E-state index in [1.54, 1.807) is 25.1 Å². The molecule has 2 aromatic carbocycles. The zero-order valence-corrected chi connectivity index (χ0v) is 18.3. The smallest absolute Gasteiger partial charge is 0.325 e. The van der Waals surface area contributed by atoms with Crippen LogP contribution in [0.15, 0.2) is 42.5 Å². The summed E-state index contributed by atoms with van der Waals surface area (Å²) in [5.41, 5.74) is 1.81. The molecule has 0 unspecified atom stereocenters. The lowest BCUT2D eigenvalue weighted by atomic mass is 9.84. The molecule has 0 bridgehead atoms. The number of nitrogens with one attached hydrogen (secondary N) is 1. The lowest BCUT2D eigenvalue weighted by molar-refractivity contribution is -0.131. The summed E-state index contributed by atoms with van der Waals surface area (Å²) in [7, 11) is 1.51. The first-order valence-corrected chi connectivity index (χ1v) is 9.90. The van der Waals surface area contributed by atoms with Crippen molar-refractivity contribution in [3.8, 4) is 5.75 Å². The zero-order chi connectivity index (χ0) is 22.3. The Morgan fingerprint density at radius 3 is 2.27 bits per heavy atom. The van der Waals surface area contributed by atoms with Crippen molar-refractivity contribution in [3.63, 3.8) is 0 Å². The van der Waals surface area contributed by atoms with Crippen LogP contribution in [0.4, 0.5) is 4.79 Å². The molecular weight excluding hydrogens is 380 g/mol. The average molecular weight is 408 g/mol. The van der Waals surface area contributed by atoms with Crippen LogP contribution < -0.4 is 10.1 Å². The highest BCUT2D eigenvalue weighted by molar-refractivity contribution is 6.07. The largest absolute Gasteiger partial charge is 0.496 e. The maximum Gasteiger partial charge on any atom is 0.325 e. The molecule has 1 heterocycles. The predicted octanol–water partition coefficient (Wildman–Crippen LogP) is 4.16. The van der Waals surface area contributed by atoms with Gasteiger partial charge in [-0.15, -0.1) is 0 Å². The number of hydrogen-bond acceptors (Lipinski definition) is 4. The van der Waals surface area contributed by atoms with Gasteiger partial charge < -0.3 is 10.1 Å². The quantitative estimate of drug-likeness (QED) is 0.595. The van der Waals surface area contributed by atoms with Crippen molar-refractivity contribution in [1.29, 1.82) is 0 Å². The first-order chi connectivity index (χ1) is 14.0. The van der Waals surface area contributed by atoms with Crippen LogP contribution in [0, 0.1) is 0 Å². The van der Waals surface area contributed by atoms with E-state index in [4.69, 9.17) is 4.74 Å². The summed E-state index contributed by atoms with van der Waals surface area (Å²) in [5.74, 6) is 0.0786. The van der Waals surface area contributed by atoms with E-state index >= 15 is 0 Å². The van der Waals surface area contributed by atoms with E-state index in [0.29, 0.717) is 16.9 Å². The van der Waals surface area contributed by atoms with Gasteiger partial charge in [-0.1, -0.05) is 45.0 Å². The van der Waals surface area contributed by atoms with Crippen molar-refractivity contribution in [2.75, 3.05) is 7.11 Å². The van der Waals surface area contributed by atoms with E-state index in [0.717, 1.165) is 11.1 Å². The van der Waals surface area contributed by atoms with Crippen molar-refractivity contribution in [2.45, 2.75) is 52.1 Å². The van der Waals surface area contributed by atoms with E-state index in [1.807, 2.05) is 24.3 Å². The van der Waals surface area contributed by atoms with Gasteiger partial charge in [0.05, 0.1) is 13.7 Å². The van der Waals surface area contributed by atoms with Crippen LogP contribution in [-0.4, -0.2) is 29.7 Å². The zero-order valence-electron chi connectivity index (χ0n) is 18.3.